The van der Waals surface area contributed by atoms with Crippen molar-refractivity contribution >= 4 is 40.4 Å². The molecule has 0 unspecified atom stereocenters. The van der Waals surface area contributed by atoms with E-state index < -0.39 is 0 Å². The molecule has 4 heteroatoms. The van der Waals surface area contributed by atoms with E-state index in [0.717, 1.165) is 0 Å². The summed E-state index contributed by atoms with van der Waals surface area (Å²) < 4.78 is 0. The average molecular weight is 189 g/mol. The molecule has 0 atom stereocenters. The van der Waals surface area contributed by atoms with Crippen LogP contribution in [0.5, 0.6) is 0 Å². The van der Waals surface area contributed by atoms with E-state index in [0.29, 0.717) is 0 Å². The predicted octanol–water partition coefficient (Wildman–Crippen LogP) is -0.542. The van der Waals surface area contributed by atoms with Crippen LogP contribution in [0.25, 0.3) is 0 Å². The van der Waals surface area contributed by atoms with Gasteiger partial charge in [0.25, 0.3) is 0 Å². The van der Waals surface area contributed by atoms with E-state index in [9.17, 15) is 0 Å². The topological polar surface area (TPSA) is 0 Å². The van der Waals surface area contributed by atoms with Gasteiger partial charge in [0.05, 0.1) is 0 Å². The number of rotatable bonds is 0. The van der Waals surface area contributed by atoms with Crippen LogP contribution in [0.2, 0.25) is 0 Å². The first-order valence-electron chi connectivity index (χ1n) is 0. The zero-order valence-electron chi connectivity index (χ0n) is 4.36. The third kappa shape index (κ3) is 8.90. The number of hydrogen-bond acceptors (Lipinski definition) is 0. The van der Waals surface area contributed by atoms with Gasteiger partial charge in [0.1, 0.15) is 0 Å². The Morgan fingerprint density at radius 1 is 1.25 bits per heavy atom. The molecule has 0 N–H and O–H groups in total. The molecule has 0 aromatic carbocycles. The smallest absolute Gasteiger partial charge is 1.00 e. The van der Waals surface area contributed by atoms with Crippen LogP contribution in [0, 0.1) is 0 Å². The van der Waals surface area contributed by atoms with Gasteiger partial charge in [-0.2, -0.15) is 0 Å². The van der Waals surface area contributed by atoms with Crippen LogP contribution >= 0.6 is 0 Å². The summed E-state index contributed by atoms with van der Waals surface area (Å²) in [6.45, 7) is 0. The van der Waals surface area contributed by atoms with Crippen LogP contribution in [-0.2, 0) is 52.0 Å². The monoisotopic (exact) mass is 188 g/mol. The summed E-state index contributed by atoms with van der Waals surface area (Å²) in [4.78, 5) is 0. The van der Waals surface area contributed by atoms with Gasteiger partial charge in [-0.05, 0) is 0 Å². The summed E-state index contributed by atoms with van der Waals surface area (Å²) in [6.07, 6.45) is 0. The van der Waals surface area contributed by atoms with E-state index in [2.05, 4.69) is 0 Å². The SMILES string of the molecule is [Al].[H-].[H-].[Mg+2].[Sc].[Zr]. The fraction of sp³-hybridized carbons (Fsp3) is 0. The van der Waals surface area contributed by atoms with Crippen LogP contribution in [0.1, 0.15) is 2.85 Å². The Morgan fingerprint density at radius 3 is 1.25 bits per heavy atom. The zero-order chi connectivity index (χ0) is 0. The second-order valence-electron chi connectivity index (χ2n) is 0. The van der Waals surface area contributed by atoms with Crippen molar-refractivity contribution in [1.29, 1.82) is 0 Å². The summed E-state index contributed by atoms with van der Waals surface area (Å²) in [5.74, 6) is 0. The molecule has 0 saturated heterocycles. The molecule has 0 aliphatic rings. The minimum absolute atomic E-state index is 0. The fourth-order valence-electron chi connectivity index (χ4n) is 0. The third-order valence-electron chi connectivity index (χ3n) is 0. The van der Waals surface area contributed by atoms with Gasteiger partial charge >= 0.3 is 23.1 Å². The number of hydrogen-bond donors (Lipinski definition) is 0. The van der Waals surface area contributed by atoms with Gasteiger partial charge in [-0.25, -0.2) is 0 Å². The normalized spacial score (nSPS) is 0. The maximum absolute atomic E-state index is 0. The summed E-state index contributed by atoms with van der Waals surface area (Å²) in [6, 6.07) is 0. The first-order chi connectivity index (χ1) is 0. The van der Waals surface area contributed by atoms with Crippen molar-refractivity contribution in [2.24, 2.45) is 0 Å². The Morgan fingerprint density at radius 2 is 1.25 bits per heavy atom. The van der Waals surface area contributed by atoms with Gasteiger partial charge in [-0.1, -0.05) is 0 Å². The molecule has 0 aromatic heterocycles. The molecule has 14 valence electrons. The minimum atomic E-state index is 0. The van der Waals surface area contributed by atoms with Crippen LogP contribution in [-0.4, -0.2) is 40.4 Å². The molecule has 4 heavy (non-hydrogen) atoms. The molecule has 0 amide bonds. The molecule has 0 aliphatic carbocycles. The Labute approximate surface area is 93.6 Å². The average Bonchev–Trinajstić information content (AvgIpc) is 0. The molecule has 0 nitrogen and oxygen atoms in total. The van der Waals surface area contributed by atoms with Crippen LogP contribution in [0.3, 0.4) is 0 Å². The van der Waals surface area contributed by atoms with Crippen molar-refractivity contribution in [3.63, 3.8) is 0 Å². The van der Waals surface area contributed by atoms with Crippen molar-refractivity contribution in [1.82, 2.24) is 0 Å². The van der Waals surface area contributed by atoms with Crippen LogP contribution in [0.15, 0.2) is 0 Å². The molecule has 0 aliphatic heterocycles. The van der Waals surface area contributed by atoms with E-state index in [-0.39, 0.29) is 95.3 Å². The summed E-state index contributed by atoms with van der Waals surface area (Å²) in [5.41, 5.74) is 0. The van der Waals surface area contributed by atoms with E-state index in [1.54, 1.807) is 0 Å². The van der Waals surface area contributed by atoms with Crippen molar-refractivity contribution in [2.45, 2.75) is 0 Å². The molecular formula is H2AlMgScZr. The maximum Gasteiger partial charge on any atom is 2.00 e. The van der Waals surface area contributed by atoms with E-state index in [1.807, 2.05) is 0 Å². The molecule has 0 saturated carbocycles. The minimum Gasteiger partial charge on any atom is -1.00 e. The van der Waals surface area contributed by atoms with Crippen LogP contribution < -0.4 is 0 Å². The van der Waals surface area contributed by atoms with Gasteiger partial charge in [0.2, 0.25) is 0 Å². The van der Waals surface area contributed by atoms with Crippen molar-refractivity contribution in [3.8, 4) is 0 Å². The van der Waals surface area contributed by atoms with Gasteiger partial charge in [0.15, 0.2) is 0 Å². The molecule has 0 bridgehead atoms. The van der Waals surface area contributed by atoms with E-state index in [4.69, 9.17) is 0 Å². The molecular weight excluding hydrogens is 187 g/mol. The molecule has 4 radical (unpaired) electrons. The van der Waals surface area contributed by atoms with Gasteiger partial charge in [-0.15, -0.1) is 0 Å². The van der Waals surface area contributed by atoms with Crippen molar-refractivity contribution in [2.75, 3.05) is 0 Å². The first-order valence-corrected chi connectivity index (χ1v) is 0. The van der Waals surface area contributed by atoms with Crippen molar-refractivity contribution in [3.05, 3.63) is 0 Å². The second-order valence-corrected chi connectivity index (χ2v) is 0. The third-order valence-corrected chi connectivity index (χ3v) is 0. The van der Waals surface area contributed by atoms with E-state index >= 15 is 0 Å². The maximum atomic E-state index is 0. The van der Waals surface area contributed by atoms with Crippen LogP contribution in [0.4, 0.5) is 0 Å². The molecule has 0 heterocycles. The summed E-state index contributed by atoms with van der Waals surface area (Å²) in [7, 11) is 0. The second kappa shape index (κ2) is 16.6. The zero-order valence-corrected chi connectivity index (χ0v) is 9.19. The fourth-order valence-corrected chi connectivity index (χ4v) is 0. The summed E-state index contributed by atoms with van der Waals surface area (Å²) >= 11 is 0. The molecule has 0 rings (SSSR count). The summed E-state index contributed by atoms with van der Waals surface area (Å²) in [5, 5.41) is 0. The quantitative estimate of drug-likeness (QED) is 0.449. The van der Waals surface area contributed by atoms with E-state index in [1.165, 1.54) is 0 Å². The van der Waals surface area contributed by atoms with Gasteiger partial charge in [-0.3, -0.25) is 0 Å². The Hall–Kier alpha value is 3.05. The first kappa shape index (κ1) is 27.7. The van der Waals surface area contributed by atoms with Gasteiger partial charge in [0, 0.05) is 69.4 Å². The Kier molecular flexibility index (Phi) is 115. The largest absolute Gasteiger partial charge is 2.00 e. The Balaban J connectivity index is 0. The predicted molar refractivity (Wildman–Crippen MR) is 13.7 cm³/mol. The Bertz CT molecular complexity index is 13.5. The molecule has 0 fully saturated rings. The molecule has 0 spiro atoms. The van der Waals surface area contributed by atoms with Crippen molar-refractivity contribution < 1.29 is 54.9 Å². The molecule has 0 aromatic rings. The standard InChI is InChI=1S/Al.Mg.Sc.Zr.2H/q;+2;;;2*-1. The van der Waals surface area contributed by atoms with Gasteiger partial charge < -0.3 is 2.85 Å².